The molecule has 1 saturated carbocycles. The third-order valence-electron chi connectivity index (χ3n) is 11.4. The van der Waals surface area contributed by atoms with Crippen LogP contribution in [0.2, 0.25) is 0 Å². The number of phenols is 1. The number of phenolic OH excluding ortho intramolecular Hbond substituents is 1. The van der Waals surface area contributed by atoms with Crippen LogP contribution in [0.4, 0.5) is 5.69 Å². The number of amides is 1. The third-order valence-corrected chi connectivity index (χ3v) is 11.4. The van der Waals surface area contributed by atoms with Gasteiger partial charge in [0.1, 0.15) is 31.1 Å². The first-order valence-corrected chi connectivity index (χ1v) is 18.0. The number of carbonyl (C=O) groups excluding carboxylic acids is 3. The Morgan fingerprint density at radius 1 is 0.833 bits per heavy atom. The standard InChI is InChI=1S/C39H37N5O10/c40-38-42-35-26(36(51)43-38)41-17-44(35)24-11-5-4-8-19(24)18-12-15-52-39(13-6-1-7-14-39)34-31(49)30(48)32(50)37(54-34)53-33-22(18)16-23-25(29(33)47)28(46)21-10-3-2-9-20(21)27(23)45/h2-5,8-11,16,18,30-32,34,37,47-50H,1,6-7,12-15,17H2,(H2,40,43,51)/t18-,30+,31+,32-,34+,37-/m0/s1. The van der Waals surface area contributed by atoms with E-state index in [9.17, 15) is 34.8 Å². The first kappa shape index (κ1) is 34.4. The average molecular weight is 736 g/mol. The van der Waals surface area contributed by atoms with Crippen molar-refractivity contribution in [2.24, 2.45) is 20.7 Å². The van der Waals surface area contributed by atoms with Gasteiger partial charge >= 0.3 is 5.91 Å². The summed E-state index contributed by atoms with van der Waals surface area (Å²) < 4.78 is 19.5. The minimum absolute atomic E-state index is 0.0220. The summed E-state index contributed by atoms with van der Waals surface area (Å²) in [5, 5.41) is 46.0. The van der Waals surface area contributed by atoms with Crippen molar-refractivity contribution >= 4 is 40.7 Å². The van der Waals surface area contributed by atoms with Crippen molar-refractivity contribution in [3.63, 3.8) is 0 Å². The number of hydrogen-bond acceptors (Lipinski definition) is 14. The molecule has 15 nitrogen and oxygen atoms in total. The summed E-state index contributed by atoms with van der Waals surface area (Å²) in [5.41, 5.74) is 6.34. The summed E-state index contributed by atoms with van der Waals surface area (Å²) in [5.74, 6) is -3.33. The number of nitrogens with two attached hydrogens (primary N) is 1. The molecule has 0 aromatic heterocycles. The summed E-state index contributed by atoms with van der Waals surface area (Å²) in [7, 11) is 0. The zero-order valence-electron chi connectivity index (χ0n) is 28.9. The van der Waals surface area contributed by atoms with Crippen LogP contribution in [-0.4, -0.2) is 105 Å². The number of aliphatic hydroxyl groups is 3. The number of ether oxygens (including phenoxy) is 3. The van der Waals surface area contributed by atoms with Crippen molar-refractivity contribution in [2.45, 2.75) is 80.7 Å². The van der Waals surface area contributed by atoms with Gasteiger partial charge in [0.2, 0.25) is 12.2 Å². The van der Waals surface area contributed by atoms with E-state index in [0.29, 0.717) is 24.1 Å². The first-order valence-electron chi connectivity index (χ1n) is 18.0. The van der Waals surface area contributed by atoms with E-state index in [-0.39, 0.29) is 70.8 Å². The Balaban J connectivity index is 1.25. The Labute approximate surface area is 308 Å². The molecule has 4 heterocycles. The largest absolute Gasteiger partial charge is 0.504 e. The van der Waals surface area contributed by atoms with Gasteiger partial charge in [-0.05, 0) is 37.0 Å². The topological polar surface area (TPSA) is 226 Å². The number of amidine groups is 1. The first-order chi connectivity index (χ1) is 26.1. The molecule has 3 aromatic carbocycles. The predicted molar refractivity (Wildman–Crippen MR) is 192 cm³/mol. The number of aliphatic imine (C=N–C) groups is 3. The molecule has 6 atom stereocenters. The summed E-state index contributed by atoms with van der Waals surface area (Å²) in [4.78, 5) is 55.1. The number of aliphatic hydroxyl groups excluding tert-OH is 3. The molecule has 6 N–H and O–H groups in total. The molecule has 1 amide bonds. The van der Waals surface area contributed by atoms with Crippen LogP contribution in [0.5, 0.6) is 11.5 Å². The van der Waals surface area contributed by atoms with Crippen LogP contribution in [0.15, 0.2) is 69.6 Å². The van der Waals surface area contributed by atoms with Crippen LogP contribution >= 0.6 is 0 Å². The van der Waals surface area contributed by atoms with E-state index in [4.69, 9.17) is 19.9 Å². The van der Waals surface area contributed by atoms with E-state index >= 15 is 0 Å². The van der Waals surface area contributed by atoms with E-state index in [1.807, 2.05) is 18.2 Å². The number of fused-ring (bicyclic) bond motifs is 7. The Morgan fingerprint density at radius 3 is 2.33 bits per heavy atom. The molecule has 0 radical (unpaired) electrons. The maximum absolute atomic E-state index is 14.1. The minimum atomic E-state index is -1.78. The molecule has 4 aliphatic heterocycles. The van der Waals surface area contributed by atoms with Gasteiger partial charge < -0.3 is 45.3 Å². The lowest BCUT2D eigenvalue weighted by molar-refractivity contribution is -0.314. The summed E-state index contributed by atoms with van der Waals surface area (Å²) in [6.45, 7) is 0.108. The molecule has 9 rings (SSSR count). The van der Waals surface area contributed by atoms with Gasteiger partial charge in [-0.25, -0.2) is 0 Å². The number of para-hydroxylation sites is 1. The van der Waals surface area contributed by atoms with Crippen LogP contribution in [0.25, 0.3) is 0 Å². The van der Waals surface area contributed by atoms with Crippen LogP contribution in [0, 0.1) is 0 Å². The zero-order chi connectivity index (χ0) is 37.5. The molecule has 0 unspecified atom stereocenters. The number of aromatic hydroxyl groups is 1. The third kappa shape index (κ3) is 5.21. The fourth-order valence-electron chi connectivity index (χ4n) is 8.83. The fourth-order valence-corrected chi connectivity index (χ4v) is 8.83. The molecule has 15 heteroatoms. The molecule has 2 bridgehead atoms. The van der Waals surface area contributed by atoms with Gasteiger partial charge in [0, 0.05) is 40.5 Å². The zero-order valence-corrected chi connectivity index (χ0v) is 28.9. The number of anilines is 1. The van der Waals surface area contributed by atoms with E-state index < -0.39 is 65.4 Å². The molecule has 1 spiro atoms. The Kier molecular flexibility index (Phi) is 8.24. The molecule has 2 fully saturated rings. The van der Waals surface area contributed by atoms with Crippen molar-refractivity contribution in [1.82, 2.24) is 0 Å². The summed E-state index contributed by atoms with van der Waals surface area (Å²) in [6, 6.07) is 15.1. The van der Waals surface area contributed by atoms with Crippen molar-refractivity contribution in [2.75, 3.05) is 18.2 Å². The highest BCUT2D eigenvalue weighted by atomic mass is 16.7. The Hall–Kier alpha value is -5.32. The molecule has 54 heavy (non-hydrogen) atoms. The normalized spacial score (nSPS) is 28.8. The smallest absolute Gasteiger partial charge is 0.302 e. The van der Waals surface area contributed by atoms with E-state index in [2.05, 4.69) is 15.0 Å². The molecule has 1 saturated heterocycles. The van der Waals surface area contributed by atoms with Crippen LogP contribution < -0.4 is 15.4 Å². The lowest BCUT2D eigenvalue weighted by atomic mass is 9.76. The monoisotopic (exact) mass is 735 g/mol. The summed E-state index contributed by atoms with van der Waals surface area (Å²) in [6.07, 6.45) is -4.04. The molecule has 278 valence electrons. The lowest BCUT2D eigenvalue weighted by Gasteiger charge is -2.50. The van der Waals surface area contributed by atoms with Crippen LogP contribution in [0.3, 0.4) is 0 Å². The van der Waals surface area contributed by atoms with Crippen molar-refractivity contribution in [3.8, 4) is 11.5 Å². The predicted octanol–water partition coefficient (Wildman–Crippen LogP) is 2.08. The second kappa shape index (κ2) is 12.9. The van der Waals surface area contributed by atoms with Gasteiger partial charge in [-0.3, -0.25) is 19.4 Å². The fraction of sp³-hybridized carbons (Fsp3) is 0.385. The van der Waals surface area contributed by atoms with E-state index in [1.54, 1.807) is 29.2 Å². The van der Waals surface area contributed by atoms with Gasteiger partial charge in [-0.1, -0.05) is 61.7 Å². The summed E-state index contributed by atoms with van der Waals surface area (Å²) >= 11 is 0. The highest BCUT2D eigenvalue weighted by Crippen LogP contribution is 2.50. The maximum atomic E-state index is 14.1. The molecule has 3 aromatic rings. The van der Waals surface area contributed by atoms with Gasteiger partial charge in [0.25, 0.3) is 0 Å². The molecule has 6 aliphatic rings. The van der Waals surface area contributed by atoms with Crippen LogP contribution in [-0.2, 0) is 14.3 Å². The number of ketones is 2. The highest BCUT2D eigenvalue weighted by Gasteiger charge is 2.55. The average Bonchev–Trinajstić information content (AvgIpc) is 3.60. The number of benzene rings is 3. The second-order valence-corrected chi connectivity index (χ2v) is 14.4. The second-order valence-electron chi connectivity index (χ2n) is 14.4. The van der Waals surface area contributed by atoms with Crippen molar-refractivity contribution in [1.29, 1.82) is 0 Å². The van der Waals surface area contributed by atoms with E-state index in [1.165, 1.54) is 12.1 Å². The SMILES string of the molecule is NC1=NC(=O)C2=NCN(c3ccccc3[C@@H]3CCOC4(CCCCC4)[C@@H]4O[C@H](Oc5c3cc3c(c5O)C(=O)c5ccccc5C3=O)[C@@H](O)[C@H](O)[C@H]4O)C2=N1. The van der Waals surface area contributed by atoms with Gasteiger partial charge in [-0.2, -0.15) is 9.98 Å². The van der Waals surface area contributed by atoms with E-state index in [0.717, 1.165) is 19.3 Å². The molecular formula is C39H37N5O10. The number of guanidine groups is 1. The van der Waals surface area contributed by atoms with Gasteiger partial charge in [0.05, 0.1) is 11.2 Å². The minimum Gasteiger partial charge on any atom is -0.504 e. The van der Waals surface area contributed by atoms with Crippen LogP contribution in [0.1, 0.15) is 87.4 Å². The number of carbonyl (C=O) groups is 3. The van der Waals surface area contributed by atoms with Crippen molar-refractivity contribution < 1.29 is 49.0 Å². The lowest BCUT2D eigenvalue weighted by Crippen LogP contribution is -2.66. The number of hydrogen-bond donors (Lipinski definition) is 5. The Morgan fingerprint density at radius 2 is 1.56 bits per heavy atom. The van der Waals surface area contributed by atoms with Crippen molar-refractivity contribution in [3.05, 3.63) is 88.0 Å². The molecular weight excluding hydrogens is 698 g/mol. The number of rotatable bonds is 2. The Bertz CT molecular complexity index is 2210. The van der Waals surface area contributed by atoms with Gasteiger partial charge in [0.15, 0.2) is 34.6 Å². The maximum Gasteiger partial charge on any atom is 0.302 e. The number of nitrogens with zero attached hydrogens (tertiary/aromatic N) is 4. The quantitative estimate of drug-likeness (QED) is 0.200. The highest BCUT2D eigenvalue weighted by molar-refractivity contribution is 6.72. The van der Waals surface area contributed by atoms with Gasteiger partial charge in [-0.15, -0.1) is 0 Å². The molecule has 2 aliphatic carbocycles.